The van der Waals surface area contributed by atoms with Gasteiger partial charge in [0.2, 0.25) is 0 Å². The van der Waals surface area contributed by atoms with Crippen LogP contribution in [0.2, 0.25) is 18.1 Å². The molecule has 0 aliphatic rings. The zero-order chi connectivity index (χ0) is 14.7. The van der Waals surface area contributed by atoms with E-state index in [1.807, 2.05) is 18.2 Å². The predicted octanol–water partition coefficient (Wildman–Crippen LogP) is 4.86. The third-order valence-corrected chi connectivity index (χ3v) is 8.33. The van der Waals surface area contributed by atoms with Crippen LogP contribution >= 0.6 is 11.6 Å². The first-order valence-electron chi connectivity index (χ1n) is 6.64. The molecule has 0 aliphatic heterocycles. The molecule has 1 aromatic rings. The van der Waals surface area contributed by atoms with Gasteiger partial charge in [-0.05, 0) is 36.2 Å². The molecule has 0 aromatic heterocycles. The van der Waals surface area contributed by atoms with Crippen molar-refractivity contribution in [2.24, 2.45) is 0 Å². The summed E-state index contributed by atoms with van der Waals surface area (Å²) in [5.41, 5.74) is 1.11. The molecule has 0 unspecified atom stereocenters. The van der Waals surface area contributed by atoms with E-state index in [2.05, 4.69) is 33.9 Å². The minimum Gasteiger partial charge on any atom is -0.541 e. The maximum Gasteiger partial charge on any atom is 0.250 e. The summed E-state index contributed by atoms with van der Waals surface area (Å²) < 4.78 is 11.9. The van der Waals surface area contributed by atoms with Crippen molar-refractivity contribution in [2.45, 2.75) is 45.3 Å². The molecule has 0 fully saturated rings. The van der Waals surface area contributed by atoms with Crippen LogP contribution in [0.4, 0.5) is 0 Å². The van der Waals surface area contributed by atoms with Crippen molar-refractivity contribution < 1.29 is 9.16 Å². The van der Waals surface area contributed by atoms with E-state index in [0.29, 0.717) is 5.88 Å². The smallest absolute Gasteiger partial charge is 0.250 e. The van der Waals surface area contributed by atoms with Crippen LogP contribution in [0.3, 0.4) is 0 Å². The number of halogens is 1. The second-order valence-corrected chi connectivity index (χ2v) is 11.4. The van der Waals surface area contributed by atoms with Crippen LogP contribution in [0.25, 0.3) is 0 Å². The lowest BCUT2D eigenvalue weighted by Gasteiger charge is -2.37. The van der Waals surface area contributed by atoms with E-state index in [9.17, 15) is 0 Å². The predicted molar refractivity (Wildman–Crippen MR) is 85.2 cm³/mol. The Morgan fingerprint density at radius 1 is 1.21 bits per heavy atom. The van der Waals surface area contributed by atoms with E-state index in [4.69, 9.17) is 20.8 Å². The van der Waals surface area contributed by atoms with Crippen LogP contribution in [0.5, 0.6) is 11.5 Å². The third-order valence-electron chi connectivity index (χ3n) is 3.80. The summed E-state index contributed by atoms with van der Waals surface area (Å²) in [6.45, 7) is 11.2. The van der Waals surface area contributed by atoms with Crippen molar-refractivity contribution in [3.8, 4) is 11.5 Å². The van der Waals surface area contributed by atoms with Gasteiger partial charge in [-0.1, -0.05) is 32.9 Å². The van der Waals surface area contributed by atoms with Gasteiger partial charge in [-0.3, -0.25) is 0 Å². The second kappa shape index (κ2) is 6.19. The van der Waals surface area contributed by atoms with Crippen LogP contribution < -0.4 is 9.16 Å². The van der Waals surface area contributed by atoms with Gasteiger partial charge in [0.1, 0.15) is 5.75 Å². The van der Waals surface area contributed by atoms with Crippen LogP contribution in [0.15, 0.2) is 18.2 Å². The fourth-order valence-electron chi connectivity index (χ4n) is 1.60. The maximum atomic E-state index is 6.35. The number of alkyl halides is 1. The molecule has 0 heterocycles. The van der Waals surface area contributed by atoms with Gasteiger partial charge >= 0.3 is 0 Å². The quantitative estimate of drug-likeness (QED) is 0.571. The molecule has 0 bridgehead atoms. The van der Waals surface area contributed by atoms with Crippen molar-refractivity contribution >= 4 is 19.9 Å². The number of para-hydroxylation sites is 1. The SMILES string of the molecule is COc1c(CCCl)cccc1O[Si](C)(C)C(C)(C)C. The first-order valence-corrected chi connectivity index (χ1v) is 10.1. The highest BCUT2D eigenvalue weighted by Gasteiger charge is 2.39. The highest BCUT2D eigenvalue weighted by Crippen LogP contribution is 2.41. The molecular formula is C15H25ClO2Si. The molecule has 0 aliphatic carbocycles. The van der Waals surface area contributed by atoms with Crippen LogP contribution in [0.1, 0.15) is 26.3 Å². The van der Waals surface area contributed by atoms with Gasteiger partial charge in [-0.25, -0.2) is 0 Å². The Morgan fingerprint density at radius 2 is 1.84 bits per heavy atom. The first-order chi connectivity index (χ1) is 8.73. The molecule has 0 amide bonds. The number of aryl methyl sites for hydroxylation is 1. The van der Waals surface area contributed by atoms with Gasteiger partial charge in [0.05, 0.1) is 7.11 Å². The lowest BCUT2D eigenvalue weighted by molar-refractivity contribution is 0.382. The summed E-state index contributed by atoms with van der Waals surface area (Å²) in [5, 5.41) is 0.167. The van der Waals surface area contributed by atoms with Gasteiger partial charge in [0, 0.05) is 5.88 Å². The third kappa shape index (κ3) is 3.89. The van der Waals surface area contributed by atoms with Gasteiger partial charge in [0.25, 0.3) is 8.32 Å². The van der Waals surface area contributed by atoms with E-state index in [1.54, 1.807) is 7.11 Å². The lowest BCUT2D eigenvalue weighted by Crippen LogP contribution is -2.43. The van der Waals surface area contributed by atoms with E-state index in [1.165, 1.54) is 0 Å². The molecule has 2 nitrogen and oxygen atoms in total. The van der Waals surface area contributed by atoms with Crippen molar-refractivity contribution in [3.05, 3.63) is 23.8 Å². The lowest BCUT2D eigenvalue weighted by atomic mass is 10.1. The van der Waals surface area contributed by atoms with Gasteiger partial charge < -0.3 is 9.16 Å². The summed E-state index contributed by atoms with van der Waals surface area (Å²) in [6.07, 6.45) is 0.791. The van der Waals surface area contributed by atoms with E-state index in [0.717, 1.165) is 23.5 Å². The van der Waals surface area contributed by atoms with Gasteiger partial charge in [-0.15, -0.1) is 11.6 Å². The Kier molecular flexibility index (Phi) is 5.33. The van der Waals surface area contributed by atoms with E-state index in [-0.39, 0.29) is 5.04 Å². The average Bonchev–Trinajstić information content (AvgIpc) is 2.28. The Balaban J connectivity index is 3.11. The molecular weight excluding hydrogens is 276 g/mol. The Labute approximate surface area is 123 Å². The second-order valence-electron chi connectivity index (χ2n) is 6.25. The van der Waals surface area contributed by atoms with Crippen LogP contribution in [-0.4, -0.2) is 21.3 Å². The van der Waals surface area contributed by atoms with Crippen molar-refractivity contribution in [2.75, 3.05) is 13.0 Å². The summed E-state index contributed by atoms with van der Waals surface area (Å²) in [6, 6.07) is 6.03. The summed E-state index contributed by atoms with van der Waals surface area (Å²) in [7, 11) is -0.166. The summed E-state index contributed by atoms with van der Waals surface area (Å²) >= 11 is 5.84. The molecule has 1 aromatic carbocycles. The van der Waals surface area contributed by atoms with Gasteiger partial charge in [-0.2, -0.15) is 0 Å². The topological polar surface area (TPSA) is 18.5 Å². The first kappa shape index (κ1) is 16.4. The molecule has 0 N–H and O–H groups in total. The molecule has 0 radical (unpaired) electrons. The Morgan fingerprint density at radius 3 is 2.32 bits per heavy atom. The number of benzene rings is 1. The minimum atomic E-state index is -1.85. The zero-order valence-corrected chi connectivity index (χ0v) is 14.6. The average molecular weight is 301 g/mol. The molecule has 0 saturated carbocycles. The van der Waals surface area contributed by atoms with Crippen molar-refractivity contribution in [1.82, 2.24) is 0 Å². The fraction of sp³-hybridized carbons (Fsp3) is 0.600. The minimum absolute atomic E-state index is 0.167. The molecule has 0 atom stereocenters. The highest BCUT2D eigenvalue weighted by atomic mass is 35.5. The largest absolute Gasteiger partial charge is 0.541 e. The number of ether oxygens (including phenoxy) is 1. The van der Waals surface area contributed by atoms with Crippen molar-refractivity contribution in [3.63, 3.8) is 0 Å². The molecule has 108 valence electrons. The zero-order valence-electron chi connectivity index (χ0n) is 12.8. The number of hydrogen-bond donors (Lipinski definition) is 0. The molecule has 19 heavy (non-hydrogen) atoms. The normalized spacial score (nSPS) is 12.4. The standard InChI is InChI=1S/C15H25ClO2Si/c1-15(2,3)19(5,6)18-13-9-7-8-12(10-11-16)14(13)17-4/h7-9H,10-11H2,1-6H3. The molecule has 1 rings (SSSR count). The Bertz CT molecular complexity index is 425. The number of rotatable bonds is 5. The van der Waals surface area contributed by atoms with E-state index >= 15 is 0 Å². The number of methoxy groups -OCH3 is 1. The van der Waals surface area contributed by atoms with Crippen LogP contribution in [0, 0.1) is 0 Å². The fourth-order valence-corrected chi connectivity index (χ4v) is 2.82. The molecule has 4 heteroatoms. The molecule has 0 spiro atoms. The summed E-state index contributed by atoms with van der Waals surface area (Å²) in [4.78, 5) is 0. The number of hydrogen-bond acceptors (Lipinski definition) is 2. The van der Waals surface area contributed by atoms with Gasteiger partial charge in [0.15, 0.2) is 5.75 Å². The summed E-state index contributed by atoms with van der Waals surface area (Å²) in [5.74, 6) is 2.25. The molecule has 0 saturated heterocycles. The monoisotopic (exact) mass is 300 g/mol. The van der Waals surface area contributed by atoms with Crippen LogP contribution in [-0.2, 0) is 6.42 Å². The van der Waals surface area contributed by atoms with Crippen molar-refractivity contribution in [1.29, 1.82) is 0 Å². The van der Waals surface area contributed by atoms with E-state index < -0.39 is 8.32 Å². The Hall–Kier alpha value is -0.673. The maximum absolute atomic E-state index is 6.35. The highest BCUT2D eigenvalue weighted by molar-refractivity contribution is 6.74.